The fraction of sp³-hybridized carbons (Fsp3) is 0.778. The lowest BCUT2D eigenvalue weighted by molar-refractivity contribution is -0.156. The highest BCUT2D eigenvalue weighted by Crippen LogP contribution is 2.32. The normalized spacial score (nSPS) is 24.4. The molecule has 0 saturated carbocycles. The van der Waals surface area contributed by atoms with Crippen molar-refractivity contribution < 1.29 is 14.7 Å². The number of carboxylic acid groups (broad SMARTS) is 1. The van der Waals surface area contributed by atoms with Crippen LogP contribution in [-0.2, 0) is 9.59 Å². The van der Waals surface area contributed by atoms with E-state index in [4.69, 9.17) is 5.11 Å². The number of carbonyl (C=O) groups is 2. The quantitative estimate of drug-likeness (QED) is 0.412. The first kappa shape index (κ1) is 13.0. The maximum absolute atomic E-state index is 11.9. The molecular formula is C9H14N2O4S. The Bertz CT molecular complexity index is 310. The molecule has 0 spiro atoms. The third-order valence-corrected chi connectivity index (χ3v) is 3.14. The number of rotatable bonds is 6. The molecule has 16 heavy (non-hydrogen) atoms. The number of carbonyl (C=O) groups excluding carboxylic acids is 1. The van der Waals surface area contributed by atoms with Crippen molar-refractivity contribution in [3.05, 3.63) is 4.91 Å². The Kier molecular flexibility index (Phi) is 4.28. The van der Waals surface area contributed by atoms with E-state index >= 15 is 0 Å². The lowest BCUT2D eigenvalue weighted by Crippen LogP contribution is -2.54. The Hall–Kier alpha value is -1.11. The summed E-state index contributed by atoms with van der Waals surface area (Å²) >= 11 is 3.96. The zero-order chi connectivity index (χ0) is 12.2. The van der Waals surface area contributed by atoms with Crippen LogP contribution in [0.3, 0.4) is 0 Å². The summed E-state index contributed by atoms with van der Waals surface area (Å²) in [5, 5.41) is 12.7. The van der Waals surface area contributed by atoms with Gasteiger partial charge in [-0.2, -0.15) is 12.6 Å². The standard InChI is InChI=1S/C9H14N2O4S/c12-7(3-1-6-16)9(8(13)14)4-2-5-11(9)10-15/h16H,1-6H2,(H,13,14)/t9-/m1/s1. The molecule has 0 aromatic heterocycles. The number of aliphatic carboxylic acids is 1. The van der Waals surface area contributed by atoms with E-state index in [2.05, 4.69) is 17.9 Å². The maximum Gasteiger partial charge on any atom is 0.339 e. The number of ketones is 1. The molecule has 1 saturated heterocycles. The smallest absolute Gasteiger partial charge is 0.339 e. The topological polar surface area (TPSA) is 87.0 Å². The summed E-state index contributed by atoms with van der Waals surface area (Å²) in [7, 11) is 0. The molecule has 0 amide bonds. The van der Waals surface area contributed by atoms with Crippen LogP contribution in [0.2, 0.25) is 0 Å². The molecule has 1 heterocycles. The van der Waals surface area contributed by atoms with Gasteiger partial charge in [0.15, 0.2) is 5.78 Å². The fourth-order valence-corrected chi connectivity index (χ4v) is 2.14. The predicted octanol–water partition coefficient (Wildman–Crippen LogP) is 0.866. The Labute approximate surface area is 98.4 Å². The van der Waals surface area contributed by atoms with Crippen LogP contribution in [0.4, 0.5) is 0 Å². The molecule has 1 aliphatic heterocycles. The summed E-state index contributed by atoms with van der Waals surface area (Å²) in [5.74, 6) is -1.23. The summed E-state index contributed by atoms with van der Waals surface area (Å²) in [4.78, 5) is 33.6. The summed E-state index contributed by atoms with van der Waals surface area (Å²) in [5.41, 5.74) is -1.73. The van der Waals surface area contributed by atoms with Gasteiger partial charge in [0.25, 0.3) is 0 Å². The number of nitrogens with zero attached hydrogens (tertiary/aromatic N) is 2. The molecule has 7 heteroatoms. The summed E-state index contributed by atoms with van der Waals surface area (Å²) in [6.45, 7) is 0.225. The molecule has 90 valence electrons. The number of nitroso groups, excluding NO2 is 1. The third-order valence-electron chi connectivity index (χ3n) is 2.82. The van der Waals surface area contributed by atoms with E-state index < -0.39 is 17.3 Å². The van der Waals surface area contributed by atoms with Crippen molar-refractivity contribution >= 4 is 24.4 Å². The van der Waals surface area contributed by atoms with Crippen LogP contribution in [0.5, 0.6) is 0 Å². The van der Waals surface area contributed by atoms with E-state index in [0.29, 0.717) is 18.6 Å². The van der Waals surface area contributed by atoms with Gasteiger partial charge in [-0.15, -0.1) is 4.91 Å². The number of hydrogen-bond acceptors (Lipinski definition) is 5. The number of carboxylic acids is 1. The van der Waals surface area contributed by atoms with Crippen molar-refractivity contribution in [1.82, 2.24) is 5.01 Å². The number of hydrogen-bond donors (Lipinski definition) is 2. The van der Waals surface area contributed by atoms with Crippen LogP contribution in [0, 0.1) is 4.91 Å². The first-order valence-electron chi connectivity index (χ1n) is 5.08. The highest BCUT2D eigenvalue weighted by molar-refractivity contribution is 7.80. The Morgan fingerprint density at radius 2 is 2.19 bits per heavy atom. The molecule has 0 bridgehead atoms. The third kappa shape index (κ3) is 2.04. The maximum atomic E-state index is 11.9. The van der Waals surface area contributed by atoms with Crippen molar-refractivity contribution in [3.8, 4) is 0 Å². The van der Waals surface area contributed by atoms with E-state index in [1.807, 2.05) is 0 Å². The van der Waals surface area contributed by atoms with Crippen LogP contribution >= 0.6 is 12.6 Å². The fourth-order valence-electron chi connectivity index (χ4n) is 1.98. The second-order valence-corrected chi connectivity index (χ2v) is 4.17. The largest absolute Gasteiger partial charge is 0.479 e. The van der Waals surface area contributed by atoms with E-state index in [0.717, 1.165) is 5.01 Å². The van der Waals surface area contributed by atoms with Crippen LogP contribution in [0.25, 0.3) is 0 Å². The summed E-state index contributed by atoms with van der Waals surface area (Å²) in [6.07, 6.45) is 1.26. The molecule has 0 aliphatic carbocycles. The highest BCUT2D eigenvalue weighted by Gasteiger charge is 2.54. The lowest BCUT2D eigenvalue weighted by Gasteiger charge is -2.28. The second-order valence-electron chi connectivity index (χ2n) is 3.72. The minimum atomic E-state index is -1.73. The first-order chi connectivity index (χ1) is 7.59. The summed E-state index contributed by atoms with van der Waals surface area (Å²) < 4.78 is 0. The average molecular weight is 246 g/mol. The second kappa shape index (κ2) is 5.29. The average Bonchev–Trinajstić information content (AvgIpc) is 2.70. The molecule has 1 atom stereocenters. The molecule has 0 aromatic rings. The van der Waals surface area contributed by atoms with Gasteiger partial charge in [-0.1, -0.05) is 0 Å². The number of Topliss-reactive ketones (excluding diaryl/α,β-unsaturated/α-hetero) is 1. The monoisotopic (exact) mass is 246 g/mol. The molecule has 1 aliphatic rings. The minimum absolute atomic E-state index is 0.113. The van der Waals surface area contributed by atoms with Crippen LogP contribution in [0.1, 0.15) is 25.7 Å². The number of thiol groups is 1. The van der Waals surface area contributed by atoms with Gasteiger partial charge in [-0.05, 0) is 25.0 Å². The van der Waals surface area contributed by atoms with Gasteiger partial charge < -0.3 is 5.11 Å². The van der Waals surface area contributed by atoms with Gasteiger partial charge in [0.1, 0.15) is 0 Å². The summed E-state index contributed by atoms with van der Waals surface area (Å²) in [6, 6.07) is 0. The molecular weight excluding hydrogens is 232 g/mol. The molecule has 6 nitrogen and oxygen atoms in total. The highest BCUT2D eigenvalue weighted by atomic mass is 32.1. The Balaban J connectivity index is 2.92. The van der Waals surface area contributed by atoms with E-state index in [1.165, 1.54) is 0 Å². The van der Waals surface area contributed by atoms with E-state index in [1.54, 1.807) is 0 Å². The van der Waals surface area contributed by atoms with Gasteiger partial charge in [0.05, 0.1) is 5.29 Å². The Morgan fingerprint density at radius 3 is 2.69 bits per heavy atom. The zero-order valence-electron chi connectivity index (χ0n) is 8.76. The van der Waals surface area contributed by atoms with Gasteiger partial charge in [0, 0.05) is 13.0 Å². The van der Waals surface area contributed by atoms with Crippen molar-refractivity contribution in [2.45, 2.75) is 31.2 Å². The van der Waals surface area contributed by atoms with Crippen LogP contribution < -0.4 is 0 Å². The lowest BCUT2D eigenvalue weighted by atomic mass is 9.89. The molecule has 1 rings (SSSR count). The molecule has 1 fully saturated rings. The molecule has 0 unspecified atom stereocenters. The first-order valence-corrected chi connectivity index (χ1v) is 5.71. The SMILES string of the molecule is O=NN1CCC[C@]1(C(=O)O)C(=O)CCCS. The van der Waals surface area contributed by atoms with Crippen LogP contribution in [0.15, 0.2) is 5.29 Å². The molecule has 0 aromatic carbocycles. The van der Waals surface area contributed by atoms with Crippen molar-refractivity contribution in [3.63, 3.8) is 0 Å². The van der Waals surface area contributed by atoms with Gasteiger partial charge in [0.2, 0.25) is 5.54 Å². The van der Waals surface area contributed by atoms with Crippen molar-refractivity contribution in [1.29, 1.82) is 0 Å². The van der Waals surface area contributed by atoms with Gasteiger partial charge in [-0.3, -0.25) is 4.79 Å². The van der Waals surface area contributed by atoms with E-state index in [9.17, 15) is 14.5 Å². The van der Waals surface area contributed by atoms with E-state index in [-0.39, 0.29) is 19.4 Å². The Morgan fingerprint density at radius 1 is 1.50 bits per heavy atom. The predicted molar refractivity (Wildman–Crippen MR) is 60.2 cm³/mol. The van der Waals surface area contributed by atoms with Crippen LogP contribution in [-0.4, -0.2) is 39.7 Å². The van der Waals surface area contributed by atoms with Crippen molar-refractivity contribution in [2.75, 3.05) is 12.3 Å². The van der Waals surface area contributed by atoms with Crippen molar-refractivity contribution in [2.24, 2.45) is 5.29 Å². The van der Waals surface area contributed by atoms with Gasteiger partial charge in [-0.25, -0.2) is 9.80 Å². The van der Waals surface area contributed by atoms with Gasteiger partial charge >= 0.3 is 5.97 Å². The molecule has 1 N–H and O–H groups in total. The zero-order valence-corrected chi connectivity index (χ0v) is 9.65. The molecule has 0 radical (unpaired) electrons. The minimum Gasteiger partial charge on any atom is -0.479 e.